The molecule has 2 aliphatic rings. The van der Waals surface area contributed by atoms with Gasteiger partial charge in [-0.25, -0.2) is 0 Å². The smallest absolute Gasteiger partial charge is 0.0190 e. The molecule has 2 unspecified atom stereocenters. The van der Waals surface area contributed by atoms with Crippen LogP contribution in [0.4, 0.5) is 0 Å². The number of hydrogen-bond acceptors (Lipinski definition) is 2. The fourth-order valence-corrected chi connectivity index (χ4v) is 5.64. The van der Waals surface area contributed by atoms with Gasteiger partial charge in [0.15, 0.2) is 0 Å². The van der Waals surface area contributed by atoms with Crippen LogP contribution in [-0.4, -0.2) is 18.6 Å². The SMILES string of the molecule is CCCC1(CCC)CCC2(CCNC2C(C)(C)C(C)N)CC1. The lowest BCUT2D eigenvalue weighted by Gasteiger charge is -2.52. The Balaban J connectivity index is 2.13. The highest BCUT2D eigenvalue weighted by molar-refractivity contribution is 5.08. The van der Waals surface area contributed by atoms with E-state index in [0.29, 0.717) is 16.9 Å². The van der Waals surface area contributed by atoms with Gasteiger partial charge >= 0.3 is 0 Å². The second-order valence-electron chi connectivity index (χ2n) is 9.11. The van der Waals surface area contributed by atoms with E-state index < -0.39 is 0 Å². The van der Waals surface area contributed by atoms with Crippen molar-refractivity contribution in [3.05, 3.63) is 0 Å². The van der Waals surface area contributed by atoms with E-state index in [1.54, 1.807) is 0 Å². The second kappa shape index (κ2) is 6.81. The van der Waals surface area contributed by atoms with E-state index in [4.69, 9.17) is 5.73 Å². The predicted octanol–water partition coefficient (Wildman–Crippen LogP) is 4.87. The first-order valence-corrected chi connectivity index (χ1v) is 9.81. The molecule has 3 N–H and O–H groups in total. The molecule has 1 heterocycles. The molecule has 0 aromatic heterocycles. The highest BCUT2D eigenvalue weighted by Crippen LogP contribution is 2.57. The van der Waals surface area contributed by atoms with Crippen LogP contribution in [0.25, 0.3) is 0 Å². The Morgan fingerprint density at radius 2 is 1.59 bits per heavy atom. The Bertz CT molecular complexity index is 343. The number of nitrogens with one attached hydrogen (secondary N) is 1. The van der Waals surface area contributed by atoms with Crippen molar-refractivity contribution in [1.82, 2.24) is 5.32 Å². The lowest BCUT2D eigenvalue weighted by Crippen LogP contribution is -2.56. The molecule has 22 heavy (non-hydrogen) atoms. The number of nitrogens with two attached hydrogens (primary N) is 1. The van der Waals surface area contributed by atoms with E-state index >= 15 is 0 Å². The quantitative estimate of drug-likeness (QED) is 0.734. The summed E-state index contributed by atoms with van der Waals surface area (Å²) in [5, 5.41) is 3.85. The van der Waals surface area contributed by atoms with Crippen molar-refractivity contribution in [3.8, 4) is 0 Å². The minimum absolute atomic E-state index is 0.187. The van der Waals surface area contributed by atoms with E-state index in [-0.39, 0.29) is 11.5 Å². The van der Waals surface area contributed by atoms with Crippen LogP contribution in [0.15, 0.2) is 0 Å². The van der Waals surface area contributed by atoms with Crippen LogP contribution in [0.2, 0.25) is 0 Å². The van der Waals surface area contributed by atoms with E-state index in [1.165, 1.54) is 64.3 Å². The first-order valence-electron chi connectivity index (χ1n) is 9.81. The molecule has 1 spiro atoms. The molecule has 1 aliphatic carbocycles. The zero-order chi connectivity index (χ0) is 16.4. The summed E-state index contributed by atoms with van der Waals surface area (Å²) in [6, 6.07) is 0.846. The van der Waals surface area contributed by atoms with Crippen molar-refractivity contribution >= 4 is 0 Å². The minimum Gasteiger partial charge on any atom is -0.327 e. The Hall–Kier alpha value is -0.0800. The summed E-state index contributed by atoms with van der Waals surface area (Å²) >= 11 is 0. The zero-order valence-corrected chi connectivity index (χ0v) is 15.8. The minimum atomic E-state index is 0.187. The Morgan fingerprint density at radius 3 is 2.05 bits per heavy atom. The fourth-order valence-electron chi connectivity index (χ4n) is 5.64. The van der Waals surface area contributed by atoms with Gasteiger partial charge in [0, 0.05) is 12.1 Å². The van der Waals surface area contributed by atoms with Gasteiger partial charge in [-0.15, -0.1) is 0 Å². The van der Waals surface area contributed by atoms with Crippen molar-refractivity contribution in [2.45, 2.75) is 104 Å². The van der Waals surface area contributed by atoms with Crippen LogP contribution in [0, 0.1) is 16.2 Å². The Labute approximate surface area is 139 Å². The summed E-state index contributed by atoms with van der Waals surface area (Å²) in [5.74, 6) is 0. The lowest BCUT2D eigenvalue weighted by molar-refractivity contribution is 0.0129. The van der Waals surface area contributed by atoms with Gasteiger partial charge in [-0.2, -0.15) is 0 Å². The van der Waals surface area contributed by atoms with Gasteiger partial charge in [-0.05, 0) is 74.7 Å². The Kier molecular flexibility index (Phi) is 5.65. The molecule has 0 aromatic rings. The molecule has 2 rings (SSSR count). The molecule has 1 aliphatic heterocycles. The maximum atomic E-state index is 6.35. The summed E-state index contributed by atoms with van der Waals surface area (Å²) in [6.07, 6.45) is 12.7. The van der Waals surface area contributed by atoms with Gasteiger partial charge in [-0.3, -0.25) is 0 Å². The molecule has 1 saturated carbocycles. The van der Waals surface area contributed by atoms with E-state index in [0.717, 1.165) is 0 Å². The normalized spacial score (nSPS) is 28.9. The van der Waals surface area contributed by atoms with Crippen LogP contribution < -0.4 is 11.1 Å². The third kappa shape index (κ3) is 3.24. The average molecular weight is 309 g/mol. The maximum Gasteiger partial charge on any atom is 0.0190 e. The van der Waals surface area contributed by atoms with Crippen LogP contribution in [0.5, 0.6) is 0 Å². The molecule has 2 atom stereocenters. The first kappa shape index (κ1) is 18.3. The highest BCUT2D eigenvalue weighted by Gasteiger charge is 2.53. The monoisotopic (exact) mass is 308 g/mol. The predicted molar refractivity (Wildman–Crippen MR) is 97.0 cm³/mol. The van der Waals surface area contributed by atoms with Gasteiger partial charge in [-0.1, -0.05) is 40.5 Å². The van der Waals surface area contributed by atoms with Crippen LogP contribution in [0.3, 0.4) is 0 Å². The average Bonchev–Trinajstić information content (AvgIpc) is 2.87. The van der Waals surface area contributed by atoms with Crippen LogP contribution >= 0.6 is 0 Å². The number of hydrogen-bond donors (Lipinski definition) is 2. The van der Waals surface area contributed by atoms with Gasteiger partial charge in [0.05, 0.1) is 0 Å². The van der Waals surface area contributed by atoms with Gasteiger partial charge < -0.3 is 11.1 Å². The summed E-state index contributed by atoms with van der Waals surface area (Å²) in [4.78, 5) is 0. The van der Waals surface area contributed by atoms with Crippen molar-refractivity contribution in [2.75, 3.05) is 6.54 Å². The van der Waals surface area contributed by atoms with Crippen molar-refractivity contribution in [1.29, 1.82) is 0 Å². The highest BCUT2D eigenvalue weighted by atomic mass is 15.0. The van der Waals surface area contributed by atoms with Gasteiger partial charge in [0.25, 0.3) is 0 Å². The molecule has 2 heteroatoms. The van der Waals surface area contributed by atoms with E-state index in [9.17, 15) is 0 Å². The van der Waals surface area contributed by atoms with E-state index in [2.05, 4.69) is 39.9 Å². The number of rotatable bonds is 6. The zero-order valence-electron chi connectivity index (χ0n) is 15.8. The third-order valence-electron chi connectivity index (χ3n) is 7.37. The lowest BCUT2D eigenvalue weighted by atomic mass is 9.55. The molecule has 130 valence electrons. The van der Waals surface area contributed by atoms with Crippen molar-refractivity contribution in [3.63, 3.8) is 0 Å². The fraction of sp³-hybridized carbons (Fsp3) is 1.00. The summed E-state index contributed by atoms with van der Waals surface area (Å²) in [6.45, 7) is 12.9. The summed E-state index contributed by atoms with van der Waals surface area (Å²) in [7, 11) is 0. The summed E-state index contributed by atoms with van der Waals surface area (Å²) in [5.41, 5.74) is 7.70. The molecule has 2 fully saturated rings. The van der Waals surface area contributed by atoms with Crippen molar-refractivity contribution in [2.24, 2.45) is 22.0 Å². The molecule has 1 saturated heterocycles. The molecule has 0 bridgehead atoms. The molecule has 0 aromatic carbocycles. The summed E-state index contributed by atoms with van der Waals surface area (Å²) < 4.78 is 0. The topological polar surface area (TPSA) is 38.0 Å². The standard InChI is InChI=1S/C20H40N2/c1-6-8-19(9-7-2)10-12-20(13-11-19)14-15-22-17(20)18(4,5)16(3)21/h16-17,22H,6-15,21H2,1-5H3. The molecule has 0 radical (unpaired) electrons. The Morgan fingerprint density at radius 1 is 1.05 bits per heavy atom. The molecule has 0 amide bonds. The third-order valence-corrected chi connectivity index (χ3v) is 7.37. The second-order valence-corrected chi connectivity index (χ2v) is 9.11. The maximum absolute atomic E-state index is 6.35. The van der Waals surface area contributed by atoms with Crippen molar-refractivity contribution < 1.29 is 0 Å². The van der Waals surface area contributed by atoms with Gasteiger partial charge in [0.2, 0.25) is 0 Å². The van der Waals surface area contributed by atoms with Crippen LogP contribution in [0.1, 0.15) is 92.4 Å². The van der Waals surface area contributed by atoms with Gasteiger partial charge in [0.1, 0.15) is 0 Å². The first-order chi connectivity index (χ1) is 10.3. The molecular formula is C20H40N2. The van der Waals surface area contributed by atoms with E-state index in [1.807, 2.05) is 0 Å². The largest absolute Gasteiger partial charge is 0.327 e. The molecule has 2 nitrogen and oxygen atoms in total. The van der Waals surface area contributed by atoms with Crippen LogP contribution in [-0.2, 0) is 0 Å². The molecular weight excluding hydrogens is 268 g/mol.